The fourth-order valence-electron chi connectivity index (χ4n) is 7.74. The Morgan fingerprint density at radius 3 is 2.36 bits per heavy atom. The molecular weight excluding hydrogens is 494 g/mol. The van der Waals surface area contributed by atoms with E-state index in [1.807, 2.05) is 51.1 Å². The molecule has 0 saturated carbocycles. The summed E-state index contributed by atoms with van der Waals surface area (Å²) in [6, 6.07) is 8.47. The topological polar surface area (TPSA) is 108 Å². The molecule has 0 aliphatic carbocycles. The molecule has 3 heterocycles. The van der Waals surface area contributed by atoms with Gasteiger partial charge in [0.1, 0.15) is 11.6 Å². The minimum absolute atomic E-state index is 0.00226. The van der Waals surface area contributed by atoms with Crippen molar-refractivity contribution < 1.29 is 24.2 Å². The number of rotatable bonds is 11. The Hall–Kier alpha value is -2.45. The number of anilines is 1. The maximum atomic E-state index is 14.2. The lowest BCUT2D eigenvalue weighted by molar-refractivity contribution is -0.147. The predicted octanol–water partition coefficient (Wildman–Crippen LogP) is 4.27. The van der Waals surface area contributed by atoms with Crippen LogP contribution < -0.4 is 10.6 Å². The monoisotopic (exact) mass is 541 g/mol. The van der Waals surface area contributed by atoms with Crippen molar-refractivity contribution in [2.75, 3.05) is 18.5 Å². The van der Waals surface area contributed by atoms with Crippen LogP contribution in [0.4, 0.5) is 5.69 Å². The first-order chi connectivity index (χ1) is 18.3. The quantitative estimate of drug-likeness (QED) is 0.363. The van der Waals surface area contributed by atoms with Crippen molar-refractivity contribution in [3.63, 3.8) is 0 Å². The largest absolute Gasteiger partial charge is 0.396 e. The molecule has 4 rings (SSSR count). The number of likely N-dealkylation sites (tertiary alicyclic amines) is 1. The van der Waals surface area contributed by atoms with Crippen LogP contribution in [-0.2, 0) is 19.1 Å². The van der Waals surface area contributed by atoms with Crippen molar-refractivity contribution in [3.8, 4) is 0 Å². The van der Waals surface area contributed by atoms with E-state index in [1.165, 1.54) is 0 Å². The second-order valence-electron chi connectivity index (χ2n) is 13.6. The Morgan fingerprint density at radius 1 is 1.05 bits per heavy atom. The molecule has 2 unspecified atom stereocenters. The summed E-state index contributed by atoms with van der Waals surface area (Å²) in [4.78, 5) is 43.9. The number of unbranched alkanes of at least 4 members (excludes halogenated alkanes) is 2. The first-order valence-corrected chi connectivity index (χ1v) is 14.6. The van der Waals surface area contributed by atoms with Crippen molar-refractivity contribution in [2.24, 2.45) is 17.3 Å². The fourth-order valence-corrected chi connectivity index (χ4v) is 7.74. The number of hydrogen-bond donors (Lipinski definition) is 3. The van der Waals surface area contributed by atoms with Crippen LogP contribution in [0, 0.1) is 17.3 Å². The lowest BCUT2D eigenvalue weighted by Crippen LogP contribution is -2.59. The molecule has 0 aromatic heterocycles. The van der Waals surface area contributed by atoms with E-state index in [0.717, 1.165) is 12.8 Å². The van der Waals surface area contributed by atoms with Crippen LogP contribution in [0.2, 0.25) is 0 Å². The summed E-state index contributed by atoms with van der Waals surface area (Å²) < 4.78 is 6.85. The summed E-state index contributed by atoms with van der Waals surface area (Å²) >= 11 is 0. The number of nitrogens with one attached hydrogen (secondary N) is 2. The van der Waals surface area contributed by atoms with Gasteiger partial charge in [-0.25, -0.2) is 0 Å². The van der Waals surface area contributed by atoms with E-state index in [-0.39, 0.29) is 29.7 Å². The first kappa shape index (κ1) is 29.5. The molecule has 8 heteroatoms. The summed E-state index contributed by atoms with van der Waals surface area (Å²) in [6.07, 6.45) is 4.62. The number of carbonyl (C=O) groups excluding carboxylic acids is 3. The van der Waals surface area contributed by atoms with Gasteiger partial charge in [0.25, 0.3) is 0 Å². The minimum atomic E-state index is -1.04. The Morgan fingerprint density at radius 2 is 1.74 bits per heavy atom. The number of nitrogens with zero attached hydrogens (tertiary/aromatic N) is 1. The third kappa shape index (κ3) is 5.60. The standard InChI is InChI=1S/C31H47N3O5/c1-7-30-16-17-31(39-30)23(22(30)25(36)32-21-14-10-8-11-15-21)27(38)34(18-12-9-13-19-35)24(31)26(37)33-29(5,6)20-28(2,3)4/h8,10-11,14-15,22-24,35H,7,9,12-13,16-20H2,1-6H3,(H,32,36)(H,33,37)/t22-,23+,24?,30+,31?/m1/s1. The molecule has 216 valence electrons. The van der Waals surface area contributed by atoms with E-state index in [9.17, 15) is 19.5 Å². The number of para-hydroxylation sites is 1. The number of hydrogen-bond acceptors (Lipinski definition) is 5. The van der Waals surface area contributed by atoms with Gasteiger partial charge in [0.15, 0.2) is 0 Å². The van der Waals surface area contributed by atoms with Crippen LogP contribution in [0.25, 0.3) is 0 Å². The highest BCUT2D eigenvalue weighted by Crippen LogP contribution is 2.64. The van der Waals surface area contributed by atoms with Gasteiger partial charge in [0.05, 0.1) is 17.4 Å². The van der Waals surface area contributed by atoms with E-state index < -0.39 is 34.6 Å². The van der Waals surface area contributed by atoms with E-state index in [4.69, 9.17) is 4.74 Å². The van der Waals surface area contributed by atoms with Crippen LogP contribution in [-0.4, -0.2) is 63.7 Å². The molecule has 3 N–H and O–H groups in total. The maximum Gasteiger partial charge on any atom is 0.246 e. The molecule has 39 heavy (non-hydrogen) atoms. The third-order valence-corrected chi connectivity index (χ3v) is 8.74. The molecule has 5 atom stereocenters. The highest BCUT2D eigenvalue weighted by Gasteiger charge is 2.78. The summed E-state index contributed by atoms with van der Waals surface area (Å²) in [5.41, 5.74) is -1.62. The van der Waals surface area contributed by atoms with Crippen LogP contribution in [0.15, 0.2) is 30.3 Å². The normalized spacial score (nSPS) is 30.0. The van der Waals surface area contributed by atoms with Gasteiger partial charge in [0, 0.05) is 24.4 Å². The van der Waals surface area contributed by atoms with Crippen LogP contribution in [0.5, 0.6) is 0 Å². The van der Waals surface area contributed by atoms with Crippen molar-refractivity contribution in [3.05, 3.63) is 30.3 Å². The molecule has 8 nitrogen and oxygen atoms in total. The third-order valence-electron chi connectivity index (χ3n) is 8.74. The predicted molar refractivity (Wildman–Crippen MR) is 151 cm³/mol. The van der Waals surface area contributed by atoms with Gasteiger partial charge < -0.3 is 25.4 Å². The van der Waals surface area contributed by atoms with Crippen LogP contribution in [0.3, 0.4) is 0 Å². The maximum absolute atomic E-state index is 14.2. The number of amides is 3. The number of ether oxygens (including phenoxy) is 1. The number of benzene rings is 1. The fraction of sp³-hybridized carbons (Fsp3) is 0.710. The average molecular weight is 542 g/mol. The zero-order chi connectivity index (χ0) is 28.6. The Bertz CT molecular complexity index is 1070. The number of carbonyl (C=O) groups is 3. The van der Waals surface area contributed by atoms with Gasteiger partial charge >= 0.3 is 0 Å². The Labute approximate surface area is 233 Å². The lowest BCUT2D eigenvalue weighted by atomic mass is 9.65. The molecular formula is C31H47N3O5. The van der Waals surface area contributed by atoms with E-state index in [0.29, 0.717) is 44.3 Å². The van der Waals surface area contributed by atoms with Gasteiger partial charge in [-0.2, -0.15) is 0 Å². The molecule has 3 fully saturated rings. The SMILES string of the molecule is CC[C@@]12CCC3(O1)C(C(=O)NC(C)(C)CC(C)(C)C)N(CCCCCO)C(=O)[C@@H]3[C@@H]2C(=O)Nc1ccccc1. The van der Waals surface area contributed by atoms with Crippen LogP contribution in [0.1, 0.15) is 86.5 Å². The highest BCUT2D eigenvalue weighted by molar-refractivity contribution is 6.02. The zero-order valence-corrected chi connectivity index (χ0v) is 24.5. The molecule has 0 radical (unpaired) electrons. The number of aliphatic hydroxyl groups excluding tert-OH is 1. The number of fused-ring (bicyclic) bond motifs is 1. The van der Waals surface area contributed by atoms with E-state index in [2.05, 4.69) is 31.4 Å². The Kier molecular flexibility index (Phi) is 8.21. The molecule has 3 aliphatic rings. The van der Waals surface area contributed by atoms with Gasteiger partial charge in [-0.1, -0.05) is 45.9 Å². The van der Waals surface area contributed by atoms with Gasteiger partial charge in [-0.05, 0) is 76.3 Å². The van der Waals surface area contributed by atoms with Crippen LogP contribution >= 0.6 is 0 Å². The molecule has 1 spiro atoms. The Balaban J connectivity index is 1.69. The van der Waals surface area contributed by atoms with Gasteiger partial charge in [-0.3, -0.25) is 14.4 Å². The van der Waals surface area contributed by atoms with E-state index >= 15 is 0 Å². The van der Waals surface area contributed by atoms with Gasteiger partial charge in [-0.15, -0.1) is 0 Å². The minimum Gasteiger partial charge on any atom is -0.396 e. The second-order valence-corrected chi connectivity index (χ2v) is 13.6. The lowest BCUT2D eigenvalue weighted by Gasteiger charge is -2.38. The summed E-state index contributed by atoms with van der Waals surface area (Å²) in [5, 5.41) is 15.5. The number of aliphatic hydroxyl groups is 1. The van der Waals surface area contributed by atoms with Crippen molar-refractivity contribution in [1.29, 1.82) is 0 Å². The summed E-state index contributed by atoms with van der Waals surface area (Å²) in [7, 11) is 0. The molecule has 3 saturated heterocycles. The summed E-state index contributed by atoms with van der Waals surface area (Å²) in [6.45, 7) is 13.0. The molecule has 1 aromatic rings. The van der Waals surface area contributed by atoms with Crippen molar-refractivity contribution in [1.82, 2.24) is 10.2 Å². The molecule has 2 bridgehead atoms. The van der Waals surface area contributed by atoms with Crippen molar-refractivity contribution >= 4 is 23.4 Å². The molecule has 1 aromatic carbocycles. The average Bonchev–Trinajstić information content (AvgIpc) is 3.44. The first-order valence-electron chi connectivity index (χ1n) is 14.6. The highest BCUT2D eigenvalue weighted by atomic mass is 16.5. The van der Waals surface area contributed by atoms with Crippen molar-refractivity contribution in [2.45, 2.75) is 109 Å². The van der Waals surface area contributed by atoms with E-state index in [1.54, 1.807) is 4.90 Å². The molecule has 3 amide bonds. The van der Waals surface area contributed by atoms with Gasteiger partial charge in [0.2, 0.25) is 17.7 Å². The second kappa shape index (κ2) is 10.8. The zero-order valence-electron chi connectivity index (χ0n) is 24.5. The smallest absolute Gasteiger partial charge is 0.246 e. The summed E-state index contributed by atoms with van der Waals surface area (Å²) in [5.74, 6) is -2.00. The molecule has 3 aliphatic heterocycles.